The number of piperazine rings is 1. The molecule has 4 aromatic carbocycles. The predicted molar refractivity (Wildman–Crippen MR) is 206 cm³/mol. The van der Waals surface area contributed by atoms with E-state index in [2.05, 4.69) is 98.5 Å². The van der Waals surface area contributed by atoms with Crippen LogP contribution in [0, 0.1) is 5.41 Å². The van der Waals surface area contributed by atoms with Crippen LogP contribution >= 0.6 is 0 Å². The van der Waals surface area contributed by atoms with E-state index in [9.17, 15) is 0 Å². The van der Waals surface area contributed by atoms with Crippen LogP contribution in [-0.4, -0.2) is 98.2 Å². The molecule has 5 aromatic rings. The molecule has 7 rings (SSSR count). The van der Waals surface area contributed by atoms with E-state index < -0.39 is 0 Å². The maximum Gasteiger partial charge on any atom is 0.138 e. The van der Waals surface area contributed by atoms with Crippen molar-refractivity contribution in [2.45, 2.75) is 44.9 Å². The molecule has 2 aliphatic rings. The number of anilines is 1. The van der Waals surface area contributed by atoms with Gasteiger partial charge in [0.2, 0.25) is 0 Å². The average molecular weight is 673 g/mol. The smallest absolute Gasteiger partial charge is 0.138 e. The Labute approximate surface area is 296 Å². The Morgan fingerprint density at radius 1 is 0.760 bits per heavy atom. The Balaban J connectivity index is 0.742. The van der Waals surface area contributed by atoms with E-state index in [1.54, 1.807) is 0 Å². The monoisotopic (exact) mass is 672 g/mol. The van der Waals surface area contributed by atoms with Crippen molar-refractivity contribution >= 4 is 33.7 Å². The summed E-state index contributed by atoms with van der Waals surface area (Å²) < 4.78 is 11.6. The number of fused-ring (bicyclic) bond motifs is 2. The number of benzene rings is 4. The van der Waals surface area contributed by atoms with E-state index in [1.165, 1.54) is 99.6 Å². The van der Waals surface area contributed by atoms with Crippen molar-refractivity contribution in [3.63, 3.8) is 0 Å². The van der Waals surface area contributed by atoms with Crippen LogP contribution in [0.1, 0.15) is 49.7 Å². The van der Waals surface area contributed by atoms with Gasteiger partial charge in [-0.3, -0.25) is 0 Å². The van der Waals surface area contributed by atoms with Crippen molar-refractivity contribution in [2.24, 2.45) is 0 Å². The van der Waals surface area contributed by atoms with Crippen LogP contribution in [0.2, 0.25) is 0 Å². The second-order valence-electron chi connectivity index (χ2n) is 13.8. The van der Waals surface area contributed by atoms with Crippen molar-refractivity contribution in [3.8, 4) is 17.1 Å². The van der Waals surface area contributed by atoms with E-state index in [-0.39, 0.29) is 0 Å². The number of nitrogens with one attached hydrogen (secondary N) is 2. The Morgan fingerprint density at radius 2 is 1.50 bits per heavy atom. The number of H-pyrrole nitrogens is 1. The van der Waals surface area contributed by atoms with Crippen molar-refractivity contribution < 1.29 is 9.47 Å². The number of hydrogen-bond acceptors (Lipinski definition) is 7. The first-order valence-electron chi connectivity index (χ1n) is 18.7. The Morgan fingerprint density at radius 3 is 2.26 bits per heavy atom. The number of morpholine rings is 1. The number of imidazole rings is 1. The summed E-state index contributed by atoms with van der Waals surface area (Å²) in [4.78, 5) is 16.0. The average Bonchev–Trinajstić information content (AvgIpc) is 3.61. The lowest BCUT2D eigenvalue weighted by molar-refractivity contribution is 0.122. The third-order valence-corrected chi connectivity index (χ3v) is 10.4. The van der Waals surface area contributed by atoms with Crippen LogP contribution in [0.5, 0.6) is 5.75 Å². The topological polar surface area (TPSA) is 80.7 Å². The molecular formula is C42H52N6O2. The van der Waals surface area contributed by atoms with Crippen LogP contribution < -0.4 is 9.64 Å². The Bertz CT molecular complexity index is 1820. The van der Waals surface area contributed by atoms with Gasteiger partial charge < -0.3 is 34.6 Å². The third-order valence-electron chi connectivity index (χ3n) is 10.4. The molecule has 3 heterocycles. The lowest BCUT2D eigenvalue weighted by Gasteiger charge is -2.34. The minimum absolute atomic E-state index is 0.756. The zero-order valence-corrected chi connectivity index (χ0v) is 29.4. The highest BCUT2D eigenvalue weighted by Crippen LogP contribution is 2.27. The van der Waals surface area contributed by atoms with E-state index in [0.717, 1.165) is 79.5 Å². The van der Waals surface area contributed by atoms with Crippen molar-refractivity contribution in [1.29, 1.82) is 5.41 Å². The maximum atomic E-state index is 7.96. The van der Waals surface area contributed by atoms with Gasteiger partial charge in [0.15, 0.2) is 0 Å². The number of ether oxygens (including phenoxy) is 2. The summed E-state index contributed by atoms with van der Waals surface area (Å²) in [5.74, 6) is 1.80. The summed E-state index contributed by atoms with van der Waals surface area (Å²) in [5, 5.41) is 10.4. The third kappa shape index (κ3) is 8.73. The number of rotatable bonds is 16. The highest BCUT2D eigenvalue weighted by Gasteiger charge is 2.16. The van der Waals surface area contributed by atoms with Crippen LogP contribution in [0.15, 0.2) is 78.9 Å². The van der Waals surface area contributed by atoms with E-state index in [0.29, 0.717) is 0 Å². The fourth-order valence-corrected chi connectivity index (χ4v) is 7.46. The molecule has 2 aliphatic heterocycles. The standard InChI is InChI=1S/C42H52N6O2/c43-32-39-34(13-12-33-10-4-5-11-38(33)39)9-3-1-6-20-46-22-24-47(25-23-46)21-7-2-8-28-50-37-17-14-35(15-18-37)42-44-40-19-16-36(31-41(40)45-42)48-26-29-49-30-27-48/h4-5,10-19,31-32,43H,1-3,6-9,20-30H2,(H,44,45). The van der Waals surface area contributed by atoms with Gasteiger partial charge in [0, 0.05) is 62.3 Å². The first-order chi connectivity index (χ1) is 24.7. The zero-order valence-electron chi connectivity index (χ0n) is 29.4. The first kappa shape index (κ1) is 34.2. The first-order valence-corrected chi connectivity index (χ1v) is 18.7. The molecule has 8 heteroatoms. The number of hydrogen-bond donors (Lipinski definition) is 2. The molecule has 2 fully saturated rings. The number of aryl methyl sites for hydroxylation is 1. The summed E-state index contributed by atoms with van der Waals surface area (Å²) in [5.41, 5.74) is 6.73. The molecule has 262 valence electrons. The molecule has 0 atom stereocenters. The van der Waals surface area contributed by atoms with Gasteiger partial charge in [-0.05, 0) is 110 Å². The highest BCUT2D eigenvalue weighted by molar-refractivity contribution is 6.00. The summed E-state index contributed by atoms with van der Waals surface area (Å²) in [6.07, 6.45) is 9.79. The molecule has 0 saturated carbocycles. The maximum absolute atomic E-state index is 7.96. The number of unbranched alkanes of at least 4 members (excludes halogenated alkanes) is 4. The van der Waals surface area contributed by atoms with Gasteiger partial charge >= 0.3 is 0 Å². The molecule has 0 bridgehead atoms. The number of nitrogens with zero attached hydrogens (tertiary/aromatic N) is 4. The largest absolute Gasteiger partial charge is 0.494 e. The van der Waals surface area contributed by atoms with Gasteiger partial charge in [-0.1, -0.05) is 42.8 Å². The van der Waals surface area contributed by atoms with Crippen molar-refractivity contribution in [3.05, 3.63) is 90.0 Å². The molecule has 2 saturated heterocycles. The second-order valence-corrected chi connectivity index (χ2v) is 13.8. The molecule has 0 spiro atoms. The molecular weight excluding hydrogens is 621 g/mol. The van der Waals surface area contributed by atoms with Gasteiger partial charge in [-0.25, -0.2) is 4.98 Å². The van der Waals surface area contributed by atoms with E-state index in [4.69, 9.17) is 19.9 Å². The van der Waals surface area contributed by atoms with Crippen LogP contribution in [0.4, 0.5) is 5.69 Å². The summed E-state index contributed by atoms with van der Waals surface area (Å²) in [6, 6.07) is 27.6. The molecule has 50 heavy (non-hydrogen) atoms. The molecule has 0 radical (unpaired) electrons. The molecule has 2 N–H and O–H groups in total. The summed E-state index contributed by atoms with van der Waals surface area (Å²) in [7, 11) is 0. The molecule has 0 amide bonds. The van der Waals surface area contributed by atoms with Crippen LogP contribution in [-0.2, 0) is 11.2 Å². The number of aromatic nitrogens is 2. The second kappa shape index (κ2) is 17.1. The van der Waals surface area contributed by atoms with E-state index in [1.807, 2.05) is 0 Å². The minimum atomic E-state index is 0.756. The van der Waals surface area contributed by atoms with Gasteiger partial charge in [0.05, 0.1) is 30.9 Å². The molecule has 1 aromatic heterocycles. The van der Waals surface area contributed by atoms with Crippen LogP contribution in [0.25, 0.3) is 33.2 Å². The predicted octanol–water partition coefficient (Wildman–Crippen LogP) is 7.80. The minimum Gasteiger partial charge on any atom is -0.494 e. The normalized spacial score (nSPS) is 16.0. The van der Waals surface area contributed by atoms with Gasteiger partial charge in [0.1, 0.15) is 11.6 Å². The summed E-state index contributed by atoms with van der Waals surface area (Å²) in [6.45, 7) is 11.3. The van der Waals surface area contributed by atoms with Crippen molar-refractivity contribution in [1.82, 2.24) is 19.8 Å². The zero-order chi connectivity index (χ0) is 34.0. The highest BCUT2D eigenvalue weighted by atomic mass is 16.5. The van der Waals surface area contributed by atoms with E-state index >= 15 is 0 Å². The Kier molecular flexibility index (Phi) is 11.7. The fourth-order valence-electron chi connectivity index (χ4n) is 7.46. The van der Waals surface area contributed by atoms with Crippen molar-refractivity contribution in [2.75, 3.05) is 77.1 Å². The lowest BCUT2D eigenvalue weighted by atomic mass is 9.96. The summed E-state index contributed by atoms with van der Waals surface area (Å²) >= 11 is 0. The van der Waals surface area contributed by atoms with Gasteiger partial charge in [-0.2, -0.15) is 0 Å². The van der Waals surface area contributed by atoms with Gasteiger partial charge in [0.25, 0.3) is 0 Å². The van der Waals surface area contributed by atoms with Crippen LogP contribution in [0.3, 0.4) is 0 Å². The Hall–Kier alpha value is -4.24. The van der Waals surface area contributed by atoms with Gasteiger partial charge in [-0.15, -0.1) is 0 Å². The molecule has 0 unspecified atom stereocenters. The number of aromatic amines is 1. The quantitative estimate of drug-likeness (QED) is 0.0823. The molecule has 8 nitrogen and oxygen atoms in total. The SMILES string of the molecule is N=Cc1c(CCCCCN2CCN(CCCCCOc3ccc(-c4nc5ccc(N6CCOCC6)cc5[nH]4)cc3)CC2)ccc2ccccc12. The molecule has 0 aliphatic carbocycles. The fraction of sp³-hybridized carbons (Fsp3) is 0.429. The lowest BCUT2D eigenvalue weighted by Crippen LogP contribution is -2.46.